The molecule has 154 valence electrons. The highest BCUT2D eigenvalue weighted by Crippen LogP contribution is 2.29. The Morgan fingerprint density at radius 3 is 2.67 bits per heavy atom. The van der Waals surface area contributed by atoms with Crippen LogP contribution in [0.3, 0.4) is 0 Å². The first kappa shape index (κ1) is 19.6. The molecule has 7 nitrogen and oxygen atoms in total. The van der Waals surface area contributed by atoms with Gasteiger partial charge >= 0.3 is 6.18 Å². The number of aryl methyl sites for hydroxylation is 2. The smallest absolute Gasteiger partial charge is 0.359 e. The Morgan fingerprint density at radius 1 is 1.10 bits per heavy atom. The summed E-state index contributed by atoms with van der Waals surface area (Å²) in [6.07, 6.45) is 0.109. The Bertz CT molecular complexity index is 1180. The van der Waals surface area contributed by atoms with E-state index in [2.05, 4.69) is 25.5 Å². The maximum absolute atomic E-state index is 12.9. The number of nitrogens with one attached hydrogen (secondary N) is 1. The number of alkyl halides is 3. The van der Waals surface area contributed by atoms with Crippen molar-refractivity contribution < 1.29 is 17.7 Å². The molecule has 0 aliphatic carbocycles. The minimum absolute atomic E-state index is 0.127. The zero-order valence-corrected chi connectivity index (χ0v) is 16.1. The molecule has 0 saturated carbocycles. The molecule has 1 aromatic carbocycles. The van der Waals surface area contributed by atoms with Crippen molar-refractivity contribution in [2.45, 2.75) is 26.6 Å². The maximum Gasteiger partial charge on any atom is 0.433 e. The van der Waals surface area contributed by atoms with Crippen molar-refractivity contribution in [3.8, 4) is 11.1 Å². The van der Waals surface area contributed by atoms with Gasteiger partial charge in [0.1, 0.15) is 12.2 Å². The molecular weight excluding hydrogens is 397 g/mol. The molecule has 0 atom stereocenters. The molecule has 30 heavy (non-hydrogen) atoms. The molecule has 3 aromatic heterocycles. The fourth-order valence-corrected chi connectivity index (χ4v) is 2.98. The van der Waals surface area contributed by atoms with Gasteiger partial charge in [0, 0.05) is 29.7 Å². The Morgan fingerprint density at radius 2 is 1.93 bits per heavy atom. The van der Waals surface area contributed by atoms with E-state index in [1.807, 2.05) is 32.2 Å². The first-order valence-corrected chi connectivity index (χ1v) is 9.00. The Hall–Kier alpha value is -3.69. The van der Waals surface area contributed by atoms with Gasteiger partial charge in [0.25, 0.3) is 0 Å². The largest absolute Gasteiger partial charge is 0.433 e. The summed E-state index contributed by atoms with van der Waals surface area (Å²) in [7, 11) is 0. The summed E-state index contributed by atoms with van der Waals surface area (Å²) in [4.78, 5) is 7.42. The highest BCUT2D eigenvalue weighted by Gasteiger charge is 2.32. The number of rotatable bonds is 5. The van der Waals surface area contributed by atoms with Gasteiger partial charge in [-0.2, -0.15) is 18.3 Å². The van der Waals surface area contributed by atoms with E-state index >= 15 is 0 Å². The predicted molar refractivity (Wildman–Crippen MR) is 103 cm³/mol. The van der Waals surface area contributed by atoms with Gasteiger partial charge in [-0.15, -0.1) is 0 Å². The van der Waals surface area contributed by atoms with Gasteiger partial charge in [0.05, 0.1) is 11.9 Å². The average Bonchev–Trinajstić information content (AvgIpc) is 3.30. The number of nitrogens with zero attached hydrogens (tertiary/aromatic N) is 5. The van der Waals surface area contributed by atoms with Gasteiger partial charge < -0.3 is 9.84 Å². The zero-order chi connectivity index (χ0) is 21.3. The summed E-state index contributed by atoms with van der Waals surface area (Å²) >= 11 is 0. The van der Waals surface area contributed by atoms with Crippen LogP contribution in [0.5, 0.6) is 0 Å². The monoisotopic (exact) mass is 414 g/mol. The van der Waals surface area contributed by atoms with Crippen molar-refractivity contribution in [3.05, 3.63) is 71.6 Å². The minimum atomic E-state index is -4.53. The number of aromatic nitrogens is 5. The van der Waals surface area contributed by atoms with Crippen LogP contribution in [0.4, 0.5) is 24.8 Å². The van der Waals surface area contributed by atoms with E-state index in [9.17, 15) is 13.2 Å². The van der Waals surface area contributed by atoms with Gasteiger partial charge in [0.15, 0.2) is 5.76 Å². The van der Waals surface area contributed by atoms with Gasteiger partial charge in [-0.3, -0.25) is 4.68 Å². The Kier molecular flexibility index (Phi) is 4.98. The van der Waals surface area contributed by atoms with Crippen LogP contribution in [0.25, 0.3) is 11.1 Å². The second-order valence-corrected chi connectivity index (χ2v) is 6.84. The van der Waals surface area contributed by atoms with E-state index in [1.165, 1.54) is 0 Å². The molecule has 0 aliphatic heterocycles. The lowest BCUT2D eigenvalue weighted by atomic mass is 10.1. The fourth-order valence-electron chi connectivity index (χ4n) is 2.98. The summed E-state index contributed by atoms with van der Waals surface area (Å²) < 4.78 is 45.6. The third-order valence-electron chi connectivity index (χ3n) is 4.24. The van der Waals surface area contributed by atoms with Gasteiger partial charge in [0.2, 0.25) is 5.95 Å². The van der Waals surface area contributed by atoms with Crippen LogP contribution >= 0.6 is 0 Å². The fraction of sp³-hybridized carbons (Fsp3) is 0.200. The molecule has 10 heteroatoms. The van der Waals surface area contributed by atoms with E-state index in [-0.39, 0.29) is 5.95 Å². The molecule has 4 aromatic rings. The number of hydrogen-bond acceptors (Lipinski definition) is 6. The van der Waals surface area contributed by atoms with Gasteiger partial charge in [-0.1, -0.05) is 11.2 Å². The molecule has 0 spiro atoms. The summed E-state index contributed by atoms with van der Waals surface area (Å²) in [5, 5.41) is 11.0. The molecule has 0 amide bonds. The molecule has 1 N–H and O–H groups in total. The van der Waals surface area contributed by atoms with Crippen molar-refractivity contribution in [2.24, 2.45) is 0 Å². The van der Waals surface area contributed by atoms with Crippen molar-refractivity contribution in [1.82, 2.24) is 24.9 Å². The standard InChI is InChI=1S/C20H17F3N6O/c1-12-5-14(15-9-25-29(10-15)11-17-7-13(2)28-30-17)8-16(6-12)26-19-24-4-3-18(27-19)20(21,22)23/h3-10H,11H2,1-2H3,(H,24,26,27). The predicted octanol–water partition coefficient (Wildman–Crippen LogP) is 4.76. The molecule has 0 bridgehead atoms. The van der Waals surface area contributed by atoms with Crippen LogP contribution in [0, 0.1) is 13.8 Å². The molecule has 3 heterocycles. The normalized spacial score (nSPS) is 11.6. The van der Waals surface area contributed by atoms with Crippen LogP contribution in [0.15, 0.2) is 53.4 Å². The van der Waals surface area contributed by atoms with Crippen LogP contribution in [-0.2, 0) is 12.7 Å². The lowest BCUT2D eigenvalue weighted by Crippen LogP contribution is -2.10. The Labute approximate surface area is 169 Å². The Balaban J connectivity index is 1.57. The number of halogens is 3. The van der Waals surface area contributed by atoms with Crippen molar-refractivity contribution in [1.29, 1.82) is 0 Å². The van der Waals surface area contributed by atoms with E-state index in [4.69, 9.17) is 4.52 Å². The van der Waals surface area contributed by atoms with E-state index < -0.39 is 11.9 Å². The quantitative estimate of drug-likeness (QED) is 0.507. The molecule has 0 saturated heterocycles. The van der Waals surface area contributed by atoms with E-state index in [0.717, 1.165) is 34.6 Å². The lowest BCUT2D eigenvalue weighted by Gasteiger charge is -2.10. The molecule has 0 fully saturated rings. The molecule has 0 aliphatic rings. The maximum atomic E-state index is 12.9. The van der Waals surface area contributed by atoms with E-state index in [1.54, 1.807) is 23.0 Å². The number of hydrogen-bond donors (Lipinski definition) is 1. The third-order valence-corrected chi connectivity index (χ3v) is 4.24. The summed E-state index contributed by atoms with van der Waals surface area (Å²) in [6, 6.07) is 8.23. The summed E-state index contributed by atoms with van der Waals surface area (Å²) in [5.41, 5.74) is 2.98. The number of anilines is 2. The van der Waals surface area contributed by atoms with Crippen molar-refractivity contribution >= 4 is 11.6 Å². The first-order chi connectivity index (χ1) is 14.3. The molecule has 4 rings (SSSR count). The molecular formula is C20H17F3N6O. The minimum Gasteiger partial charge on any atom is -0.359 e. The second kappa shape index (κ2) is 7.62. The summed E-state index contributed by atoms with van der Waals surface area (Å²) in [6.45, 7) is 4.18. The van der Waals surface area contributed by atoms with Crippen LogP contribution in [0.1, 0.15) is 22.7 Å². The van der Waals surface area contributed by atoms with Gasteiger partial charge in [-0.25, -0.2) is 9.97 Å². The van der Waals surface area contributed by atoms with Crippen molar-refractivity contribution in [3.63, 3.8) is 0 Å². The van der Waals surface area contributed by atoms with Crippen LogP contribution in [0.2, 0.25) is 0 Å². The van der Waals surface area contributed by atoms with Gasteiger partial charge in [-0.05, 0) is 43.2 Å². The molecule has 0 unspecified atom stereocenters. The first-order valence-electron chi connectivity index (χ1n) is 9.00. The highest BCUT2D eigenvalue weighted by atomic mass is 19.4. The average molecular weight is 414 g/mol. The zero-order valence-electron chi connectivity index (χ0n) is 16.1. The third kappa shape index (κ3) is 4.48. The van der Waals surface area contributed by atoms with Crippen LogP contribution < -0.4 is 5.32 Å². The summed E-state index contributed by atoms with van der Waals surface area (Å²) in [5.74, 6) is 0.563. The highest BCUT2D eigenvalue weighted by molar-refractivity contribution is 5.70. The molecule has 0 radical (unpaired) electrons. The lowest BCUT2D eigenvalue weighted by molar-refractivity contribution is -0.141. The topological polar surface area (TPSA) is 81.7 Å². The van der Waals surface area contributed by atoms with Crippen LogP contribution in [-0.4, -0.2) is 24.9 Å². The SMILES string of the molecule is Cc1cc(Nc2nccc(C(F)(F)F)n2)cc(-c2cnn(Cc3cc(C)no3)c2)c1. The van der Waals surface area contributed by atoms with E-state index in [0.29, 0.717) is 18.0 Å². The van der Waals surface area contributed by atoms with Crippen molar-refractivity contribution in [2.75, 3.05) is 5.32 Å². The number of benzene rings is 1. The second-order valence-electron chi connectivity index (χ2n) is 6.84.